The van der Waals surface area contributed by atoms with E-state index in [9.17, 15) is 9.18 Å². The first-order valence-electron chi connectivity index (χ1n) is 7.04. The average molecular weight is 296 g/mol. The molecule has 5 heteroatoms. The third kappa shape index (κ3) is 7.09. The number of hydrogen-bond acceptors (Lipinski definition) is 3. The van der Waals surface area contributed by atoms with Crippen LogP contribution in [0.5, 0.6) is 0 Å². The first-order chi connectivity index (χ1) is 9.46. The second kappa shape index (κ2) is 6.43. The van der Waals surface area contributed by atoms with Crippen LogP contribution in [0.4, 0.5) is 14.9 Å². The molecule has 0 bridgehead atoms. The van der Waals surface area contributed by atoms with Crippen molar-refractivity contribution in [3.8, 4) is 0 Å². The van der Waals surface area contributed by atoms with Gasteiger partial charge in [-0.25, -0.2) is 9.18 Å². The van der Waals surface area contributed by atoms with E-state index < -0.39 is 11.7 Å². The molecule has 118 valence electrons. The van der Waals surface area contributed by atoms with Gasteiger partial charge in [-0.05, 0) is 71.2 Å². The highest BCUT2D eigenvalue weighted by atomic mass is 19.1. The predicted molar refractivity (Wildman–Crippen MR) is 82.8 cm³/mol. The number of carbonyl (C=O) groups is 1. The number of nitrogens with two attached hydrogens (primary N) is 1. The molecule has 1 amide bonds. The first-order valence-corrected chi connectivity index (χ1v) is 7.04. The number of hydrogen-bond donors (Lipinski definition) is 2. The molecule has 21 heavy (non-hydrogen) atoms. The molecule has 0 aliphatic heterocycles. The Labute approximate surface area is 125 Å². The molecule has 0 saturated heterocycles. The SMILES string of the molecule is CC(C)(N)CCc1cc(NC(=O)OC(C)(C)C)ccc1F. The van der Waals surface area contributed by atoms with E-state index in [1.54, 1.807) is 26.8 Å². The van der Waals surface area contributed by atoms with Crippen LogP contribution in [-0.2, 0) is 11.2 Å². The molecule has 0 aliphatic rings. The Bertz CT molecular complexity index is 502. The molecule has 0 spiro atoms. The van der Waals surface area contributed by atoms with E-state index in [1.807, 2.05) is 13.8 Å². The summed E-state index contributed by atoms with van der Waals surface area (Å²) in [6.45, 7) is 9.14. The van der Waals surface area contributed by atoms with Crippen molar-refractivity contribution in [2.24, 2.45) is 5.73 Å². The van der Waals surface area contributed by atoms with E-state index in [4.69, 9.17) is 10.5 Å². The molecule has 0 aromatic heterocycles. The molecule has 4 nitrogen and oxygen atoms in total. The lowest BCUT2D eigenvalue weighted by Gasteiger charge is -2.20. The van der Waals surface area contributed by atoms with Crippen LogP contribution in [0.25, 0.3) is 0 Å². The quantitative estimate of drug-likeness (QED) is 0.887. The van der Waals surface area contributed by atoms with Gasteiger partial charge in [0.25, 0.3) is 0 Å². The fourth-order valence-corrected chi connectivity index (χ4v) is 1.72. The predicted octanol–water partition coefficient (Wildman–Crippen LogP) is 3.84. The third-order valence-electron chi connectivity index (χ3n) is 2.73. The van der Waals surface area contributed by atoms with Gasteiger partial charge in [0.05, 0.1) is 0 Å². The van der Waals surface area contributed by atoms with Crippen LogP contribution in [0.1, 0.15) is 46.6 Å². The van der Waals surface area contributed by atoms with Crippen molar-refractivity contribution in [3.05, 3.63) is 29.6 Å². The lowest BCUT2D eigenvalue weighted by molar-refractivity contribution is 0.0636. The van der Waals surface area contributed by atoms with Gasteiger partial charge in [0, 0.05) is 11.2 Å². The molecule has 0 heterocycles. The number of anilines is 1. The van der Waals surface area contributed by atoms with Gasteiger partial charge in [0.1, 0.15) is 11.4 Å². The summed E-state index contributed by atoms with van der Waals surface area (Å²) in [5.74, 6) is -0.297. The molecule has 1 aromatic rings. The van der Waals surface area contributed by atoms with Gasteiger partial charge in [-0.3, -0.25) is 5.32 Å². The maximum absolute atomic E-state index is 13.8. The third-order valence-corrected chi connectivity index (χ3v) is 2.73. The minimum Gasteiger partial charge on any atom is -0.444 e. The summed E-state index contributed by atoms with van der Waals surface area (Å²) in [6, 6.07) is 4.47. The minimum atomic E-state index is -0.573. The van der Waals surface area contributed by atoms with E-state index in [-0.39, 0.29) is 11.4 Å². The fourth-order valence-electron chi connectivity index (χ4n) is 1.72. The molecule has 1 rings (SSSR count). The van der Waals surface area contributed by atoms with Crippen LogP contribution >= 0.6 is 0 Å². The van der Waals surface area contributed by atoms with Gasteiger partial charge in [-0.2, -0.15) is 0 Å². The number of nitrogens with one attached hydrogen (secondary N) is 1. The van der Waals surface area contributed by atoms with E-state index >= 15 is 0 Å². The Morgan fingerprint density at radius 1 is 1.29 bits per heavy atom. The highest BCUT2D eigenvalue weighted by Gasteiger charge is 2.17. The largest absolute Gasteiger partial charge is 0.444 e. The Hall–Kier alpha value is -1.62. The van der Waals surface area contributed by atoms with Crippen LogP contribution < -0.4 is 11.1 Å². The number of aryl methyl sites for hydroxylation is 1. The van der Waals surface area contributed by atoms with Gasteiger partial charge in [-0.15, -0.1) is 0 Å². The second-order valence-corrected chi connectivity index (χ2v) is 6.92. The van der Waals surface area contributed by atoms with E-state index in [1.165, 1.54) is 12.1 Å². The van der Waals surface area contributed by atoms with Gasteiger partial charge in [0.2, 0.25) is 0 Å². The normalized spacial score (nSPS) is 12.1. The first kappa shape index (κ1) is 17.4. The zero-order valence-electron chi connectivity index (χ0n) is 13.4. The lowest BCUT2D eigenvalue weighted by atomic mass is 9.96. The minimum absolute atomic E-state index is 0.297. The summed E-state index contributed by atoms with van der Waals surface area (Å²) < 4.78 is 18.9. The molecule has 3 N–H and O–H groups in total. The molecular formula is C16H25FN2O2. The molecule has 1 aromatic carbocycles. The monoisotopic (exact) mass is 296 g/mol. The molecular weight excluding hydrogens is 271 g/mol. The van der Waals surface area contributed by atoms with E-state index in [0.717, 1.165) is 0 Å². The summed E-state index contributed by atoms with van der Waals surface area (Å²) in [4.78, 5) is 11.7. The van der Waals surface area contributed by atoms with Crippen LogP contribution in [0.3, 0.4) is 0 Å². The summed E-state index contributed by atoms with van der Waals surface area (Å²) in [7, 11) is 0. The smallest absolute Gasteiger partial charge is 0.412 e. The van der Waals surface area contributed by atoms with Crippen LogP contribution in [0.2, 0.25) is 0 Å². The number of ether oxygens (including phenoxy) is 1. The van der Waals surface area contributed by atoms with Gasteiger partial charge in [0.15, 0.2) is 0 Å². The number of benzene rings is 1. The van der Waals surface area contributed by atoms with Crippen molar-refractivity contribution < 1.29 is 13.9 Å². The van der Waals surface area contributed by atoms with Crippen LogP contribution in [0, 0.1) is 5.82 Å². The molecule has 0 fully saturated rings. The van der Waals surface area contributed by atoms with Gasteiger partial charge >= 0.3 is 6.09 Å². The zero-order chi connectivity index (χ0) is 16.3. The summed E-state index contributed by atoms with van der Waals surface area (Å²) in [5, 5.41) is 2.60. The van der Waals surface area contributed by atoms with Crippen molar-refractivity contribution in [2.45, 2.75) is 58.6 Å². The van der Waals surface area contributed by atoms with Crippen LogP contribution in [-0.4, -0.2) is 17.2 Å². The Balaban J connectivity index is 2.75. The van der Waals surface area contributed by atoms with Crippen molar-refractivity contribution in [2.75, 3.05) is 5.32 Å². The number of carbonyl (C=O) groups excluding carboxylic acids is 1. The Morgan fingerprint density at radius 3 is 2.43 bits per heavy atom. The number of rotatable bonds is 4. The van der Waals surface area contributed by atoms with Crippen molar-refractivity contribution in [3.63, 3.8) is 0 Å². The Kier molecular flexibility index (Phi) is 5.34. The highest BCUT2D eigenvalue weighted by molar-refractivity contribution is 5.84. The average Bonchev–Trinajstić information content (AvgIpc) is 2.26. The molecule has 0 atom stereocenters. The van der Waals surface area contributed by atoms with Crippen molar-refractivity contribution in [1.29, 1.82) is 0 Å². The summed E-state index contributed by atoms with van der Waals surface area (Å²) >= 11 is 0. The maximum atomic E-state index is 13.8. The molecule has 0 saturated carbocycles. The van der Waals surface area contributed by atoms with Crippen LogP contribution in [0.15, 0.2) is 18.2 Å². The topological polar surface area (TPSA) is 64.3 Å². The molecule has 0 unspecified atom stereocenters. The number of amides is 1. The summed E-state index contributed by atoms with van der Waals surface area (Å²) in [5.41, 5.74) is 6.02. The maximum Gasteiger partial charge on any atom is 0.412 e. The molecule has 0 aliphatic carbocycles. The zero-order valence-corrected chi connectivity index (χ0v) is 13.4. The number of halogens is 1. The standard InChI is InChI=1S/C16H25FN2O2/c1-15(2,3)21-14(20)19-12-6-7-13(17)11(10-12)8-9-16(4,5)18/h6-7,10H,8-9,18H2,1-5H3,(H,19,20). The lowest BCUT2D eigenvalue weighted by Crippen LogP contribution is -2.32. The summed E-state index contributed by atoms with van der Waals surface area (Å²) in [6.07, 6.45) is 0.609. The van der Waals surface area contributed by atoms with Crippen molar-refractivity contribution >= 4 is 11.8 Å². The van der Waals surface area contributed by atoms with E-state index in [0.29, 0.717) is 24.1 Å². The fraction of sp³-hybridized carbons (Fsp3) is 0.562. The second-order valence-electron chi connectivity index (χ2n) is 6.92. The van der Waals surface area contributed by atoms with E-state index in [2.05, 4.69) is 5.32 Å². The Morgan fingerprint density at radius 2 is 1.90 bits per heavy atom. The highest BCUT2D eigenvalue weighted by Crippen LogP contribution is 2.19. The van der Waals surface area contributed by atoms with Gasteiger partial charge < -0.3 is 10.5 Å². The molecule has 0 radical (unpaired) electrons. The van der Waals surface area contributed by atoms with Gasteiger partial charge in [-0.1, -0.05) is 0 Å². The van der Waals surface area contributed by atoms with Crippen molar-refractivity contribution in [1.82, 2.24) is 0 Å².